The molecule has 0 saturated heterocycles. The van der Waals surface area contributed by atoms with Crippen molar-refractivity contribution in [2.24, 2.45) is 11.8 Å². The van der Waals surface area contributed by atoms with Crippen LogP contribution in [0.15, 0.2) is 15.2 Å². The van der Waals surface area contributed by atoms with Crippen molar-refractivity contribution >= 4 is 27.3 Å². The molecule has 1 aliphatic rings. The van der Waals surface area contributed by atoms with Gasteiger partial charge in [0.05, 0.1) is 5.92 Å². The lowest BCUT2D eigenvalue weighted by Crippen LogP contribution is -2.41. The lowest BCUT2D eigenvalue weighted by atomic mass is 9.73. The second kappa shape index (κ2) is 7.47. The van der Waals surface area contributed by atoms with Crippen LogP contribution in [0.1, 0.15) is 50.6 Å². The summed E-state index contributed by atoms with van der Waals surface area (Å²) in [7, 11) is 0. The van der Waals surface area contributed by atoms with Crippen LogP contribution >= 0.6 is 27.3 Å². The van der Waals surface area contributed by atoms with E-state index < -0.39 is 12.1 Å². The van der Waals surface area contributed by atoms with Crippen molar-refractivity contribution < 1.29 is 13.2 Å². The van der Waals surface area contributed by atoms with Crippen molar-refractivity contribution in [2.45, 2.75) is 51.2 Å². The van der Waals surface area contributed by atoms with Crippen LogP contribution in [0.3, 0.4) is 0 Å². The summed E-state index contributed by atoms with van der Waals surface area (Å²) < 4.78 is 41.1. The van der Waals surface area contributed by atoms with Crippen LogP contribution in [0.2, 0.25) is 0 Å². The molecule has 0 aromatic carbocycles. The van der Waals surface area contributed by atoms with Crippen LogP contribution in [0.5, 0.6) is 0 Å². The predicted octanol–water partition coefficient (Wildman–Crippen LogP) is 5.92. The highest BCUT2D eigenvalue weighted by atomic mass is 79.9. The van der Waals surface area contributed by atoms with Gasteiger partial charge in [0, 0.05) is 15.9 Å². The molecule has 0 bridgehead atoms. The standard InChI is InChI=1S/C15H21BrF3NS/c1-2-7-20-14(11-8-21-9-13(11)16)10-5-3-4-6-12(10)15(17,18)19/h8-10,12,14,20H,2-7H2,1H3. The number of hydrogen-bond acceptors (Lipinski definition) is 2. The van der Waals surface area contributed by atoms with Crippen molar-refractivity contribution in [1.29, 1.82) is 0 Å². The van der Waals surface area contributed by atoms with Gasteiger partial charge >= 0.3 is 6.18 Å². The smallest absolute Gasteiger partial charge is 0.310 e. The van der Waals surface area contributed by atoms with Gasteiger partial charge in [-0.05, 0) is 58.6 Å². The van der Waals surface area contributed by atoms with Crippen molar-refractivity contribution in [1.82, 2.24) is 5.32 Å². The molecule has 2 rings (SSSR count). The summed E-state index contributed by atoms with van der Waals surface area (Å²) in [6.07, 6.45) is -0.690. The normalized spacial score (nSPS) is 25.0. The summed E-state index contributed by atoms with van der Waals surface area (Å²) in [4.78, 5) is 0. The summed E-state index contributed by atoms with van der Waals surface area (Å²) in [6, 6.07) is -0.211. The van der Waals surface area contributed by atoms with E-state index in [1.807, 2.05) is 17.7 Å². The van der Waals surface area contributed by atoms with E-state index in [2.05, 4.69) is 21.2 Å². The molecule has 0 spiro atoms. The van der Waals surface area contributed by atoms with Crippen molar-refractivity contribution in [3.05, 3.63) is 20.8 Å². The maximum absolute atomic E-state index is 13.4. The van der Waals surface area contributed by atoms with E-state index in [1.54, 1.807) is 0 Å². The highest BCUT2D eigenvalue weighted by Gasteiger charge is 2.48. The lowest BCUT2D eigenvalue weighted by Gasteiger charge is -2.38. The van der Waals surface area contributed by atoms with Gasteiger partial charge in [-0.25, -0.2) is 0 Å². The molecule has 3 unspecified atom stereocenters. The monoisotopic (exact) mass is 383 g/mol. The fourth-order valence-corrected chi connectivity index (χ4v) is 4.85. The molecular weight excluding hydrogens is 363 g/mol. The predicted molar refractivity (Wildman–Crippen MR) is 84.6 cm³/mol. The van der Waals surface area contributed by atoms with E-state index in [1.165, 1.54) is 11.3 Å². The Morgan fingerprint density at radius 3 is 2.62 bits per heavy atom. The molecule has 1 saturated carbocycles. The fourth-order valence-electron chi connectivity index (χ4n) is 3.27. The Kier molecular flexibility index (Phi) is 6.15. The first kappa shape index (κ1) is 17.3. The minimum Gasteiger partial charge on any atom is -0.310 e. The molecule has 1 heterocycles. The Bertz CT molecular complexity index is 446. The Balaban J connectivity index is 2.27. The summed E-state index contributed by atoms with van der Waals surface area (Å²) >= 11 is 5.02. The van der Waals surface area contributed by atoms with Gasteiger partial charge in [-0.2, -0.15) is 24.5 Å². The van der Waals surface area contributed by atoms with Crippen LogP contribution in [-0.2, 0) is 0 Å². The molecule has 0 radical (unpaired) electrons. The topological polar surface area (TPSA) is 12.0 Å². The Morgan fingerprint density at radius 1 is 1.33 bits per heavy atom. The van der Waals surface area contributed by atoms with Gasteiger partial charge in [0.15, 0.2) is 0 Å². The van der Waals surface area contributed by atoms with Crippen LogP contribution in [-0.4, -0.2) is 12.7 Å². The molecule has 1 aromatic heterocycles. The molecule has 21 heavy (non-hydrogen) atoms. The third kappa shape index (κ3) is 4.23. The first-order valence-corrected chi connectivity index (χ1v) is 9.20. The maximum atomic E-state index is 13.4. The molecule has 0 amide bonds. The summed E-state index contributed by atoms with van der Waals surface area (Å²) in [5.41, 5.74) is 0.981. The van der Waals surface area contributed by atoms with E-state index >= 15 is 0 Å². The first-order valence-electron chi connectivity index (χ1n) is 7.46. The van der Waals surface area contributed by atoms with Gasteiger partial charge < -0.3 is 5.32 Å². The SMILES string of the molecule is CCCNC(c1cscc1Br)C1CCCCC1C(F)(F)F. The molecule has 1 nitrogen and oxygen atoms in total. The van der Waals surface area contributed by atoms with E-state index in [9.17, 15) is 13.2 Å². The Morgan fingerprint density at radius 2 is 2.05 bits per heavy atom. The van der Waals surface area contributed by atoms with Crippen molar-refractivity contribution in [3.63, 3.8) is 0 Å². The van der Waals surface area contributed by atoms with Gasteiger partial charge in [-0.3, -0.25) is 0 Å². The van der Waals surface area contributed by atoms with E-state index in [4.69, 9.17) is 0 Å². The number of thiophene rings is 1. The zero-order valence-electron chi connectivity index (χ0n) is 12.0. The summed E-state index contributed by atoms with van der Waals surface area (Å²) in [6.45, 7) is 2.78. The zero-order chi connectivity index (χ0) is 15.5. The van der Waals surface area contributed by atoms with Gasteiger partial charge in [-0.1, -0.05) is 19.8 Å². The molecular formula is C15H21BrF3NS. The second-order valence-electron chi connectivity index (χ2n) is 5.70. The molecule has 1 aromatic rings. The number of halogens is 4. The third-order valence-electron chi connectivity index (χ3n) is 4.26. The van der Waals surface area contributed by atoms with Gasteiger partial charge in [0.25, 0.3) is 0 Å². The lowest BCUT2D eigenvalue weighted by molar-refractivity contribution is -0.199. The average Bonchev–Trinajstić information content (AvgIpc) is 2.85. The minimum atomic E-state index is -4.10. The van der Waals surface area contributed by atoms with Gasteiger partial charge in [0.2, 0.25) is 0 Å². The maximum Gasteiger partial charge on any atom is 0.392 e. The van der Waals surface area contributed by atoms with Gasteiger partial charge in [-0.15, -0.1) is 0 Å². The molecule has 1 aliphatic carbocycles. The Hall–Kier alpha value is -0.0700. The minimum absolute atomic E-state index is 0.211. The van der Waals surface area contributed by atoms with E-state index in [0.717, 1.165) is 29.4 Å². The fraction of sp³-hybridized carbons (Fsp3) is 0.733. The van der Waals surface area contributed by atoms with Crippen LogP contribution in [0.25, 0.3) is 0 Å². The highest BCUT2D eigenvalue weighted by Crippen LogP contribution is 2.47. The summed E-state index contributed by atoms with van der Waals surface area (Å²) in [5, 5.41) is 7.28. The molecule has 6 heteroatoms. The van der Waals surface area contributed by atoms with E-state index in [0.29, 0.717) is 12.8 Å². The Labute approximate surface area is 136 Å². The van der Waals surface area contributed by atoms with Crippen molar-refractivity contribution in [2.75, 3.05) is 6.54 Å². The largest absolute Gasteiger partial charge is 0.392 e. The van der Waals surface area contributed by atoms with Crippen LogP contribution < -0.4 is 5.32 Å². The second-order valence-corrected chi connectivity index (χ2v) is 7.30. The number of nitrogens with one attached hydrogen (secondary N) is 1. The zero-order valence-corrected chi connectivity index (χ0v) is 14.5. The van der Waals surface area contributed by atoms with E-state index in [-0.39, 0.29) is 18.4 Å². The average molecular weight is 384 g/mol. The molecule has 120 valence electrons. The highest BCUT2D eigenvalue weighted by molar-refractivity contribution is 9.10. The van der Waals surface area contributed by atoms with Gasteiger partial charge in [0.1, 0.15) is 0 Å². The third-order valence-corrected chi connectivity index (χ3v) is 6.01. The molecule has 0 aliphatic heterocycles. The van der Waals surface area contributed by atoms with Crippen LogP contribution in [0, 0.1) is 11.8 Å². The quantitative estimate of drug-likeness (QED) is 0.665. The van der Waals surface area contributed by atoms with Crippen molar-refractivity contribution in [3.8, 4) is 0 Å². The molecule has 1 fully saturated rings. The molecule has 1 N–H and O–H groups in total. The molecule has 3 atom stereocenters. The number of hydrogen-bond donors (Lipinski definition) is 1. The number of alkyl halides is 3. The van der Waals surface area contributed by atoms with Crippen LogP contribution in [0.4, 0.5) is 13.2 Å². The number of rotatable bonds is 5. The summed E-state index contributed by atoms with van der Waals surface area (Å²) in [5.74, 6) is -1.55. The first-order chi connectivity index (χ1) is 9.95.